The minimum Gasteiger partial charge on any atom is -0.353 e. The third-order valence-corrected chi connectivity index (χ3v) is 5.52. The van der Waals surface area contributed by atoms with Crippen LogP contribution in [0, 0.1) is 5.92 Å². The summed E-state index contributed by atoms with van der Waals surface area (Å²) >= 11 is 1.18. The van der Waals surface area contributed by atoms with E-state index in [2.05, 4.69) is 24.5 Å². The molecule has 1 aromatic carbocycles. The number of benzene rings is 1. The Balaban J connectivity index is 2.98. The van der Waals surface area contributed by atoms with Crippen molar-refractivity contribution >= 4 is 28.8 Å². The molecule has 0 aliphatic heterocycles. The van der Waals surface area contributed by atoms with Crippen molar-refractivity contribution in [3.05, 3.63) is 35.9 Å². The zero-order valence-corrected chi connectivity index (χ0v) is 20.3. The van der Waals surface area contributed by atoms with Crippen molar-refractivity contribution in [3.8, 4) is 0 Å². The second-order valence-electron chi connectivity index (χ2n) is 8.25. The maximum absolute atomic E-state index is 13.1. The minimum absolute atomic E-state index is 0.0214. The maximum atomic E-state index is 13.1. The predicted molar refractivity (Wildman–Crippen MR) is 128 cm³/mol. The highest BCUT2D eigenvalue weighted by Gasteiger charge is 2.30. The molecular formula is C23H38N4O3S. The van der Waals surface area contributed by atoms with Gasteiger partial charge in [-0.1, -0.05) is 55.9 Å². The zero-order chi connectivity index (χ0) is 23.2. The van der Waals surface area contributed by atoms with E-state index in [0.717, 1.165) is 18.5 Å². The third kappa shape index (κ3) is 11.8. The van der Waals surface area contributed by atoms with Gasteiger partial charge in [-0.3, -0.25) is 9.59 Å². The van der Waals surface area contributed by atoms with Crippen LogP contribution >= 0.6 is 11.8 Å². The van der Waals surface area contributed by atoms with Crippen molar-refractivity contribution in [2.45, 2.75) is 39.7 Å². The first-order chi connectivity index (χ1) is 14.7. The van der Waals surface area contributed by atoms with Crippen LogP contribution in [-0.2, 0) is 16.0 Å². The van der Waals surface area contributed by atoms with E-state index in [4.69, 9.17) is 0 Å². The first-order valence-corrected chi connectivity index (χ1v) is 11.8. The summed E-state index contributed by atoms with van der Waals surface area (Å²) < 4.78 is 0. The summed E-state index contributed by atoms with van der Waals surface area (Å²) in [5.41, 5.74) is 1.00. The van der Waals surface area contributed by atoms with Crippen LogP contribution in [0.2, 0.25) is 0 Å². The van der Waals surface area contributed by atoms with E-state index in [-0.39, 0.29) is 17.1 Å². The first kappa shape index (κ1) is 27.0. The number of likely N-dealkylation sites (N-methyl/N-ethyl adjacent to an activating group) is 1. The van der Waals surface area contributed by atoms with Crippen LogP contribution in [0.1, 0.15) is 32.8 Å². The van der Waals surface area contributed by atoms with Crippen molar-refractivity contribution in [1.82, 2.24) is 20.4 Å². The Labute approximate surface area is 191 Å². The molecule has 0 unspecified atom stereocenters. The number of hydrogen-bond acceptors (Lipinski definition) is 5. The fourth-order valence-corrected chi connectivity index (χ4v) is 3.44. The van der Waals surface area contributed by atoms with Gasteiger partial charge >= 0.3 is 6.03 Å². The van der Waals surface area contributed by atoms with Gasteiger partial charge in [0.15, 0.2) is 5.12 Å². The van der Waals surface area contributed by atoms with Gasteiger partial charge in [-0.05, 0) is 32.0 Å². The van der Waals surface area contributed by atoms with Crippen LogP contribution in [0.25, 0.3) is 0 Å². The first-order valence-electron chi connectivity index (χ1n) is 10.8. The Bertz CT molecular complexity index is 683. The fraction of sp³-hybridized carbons (Fsp3) is 0.609. The highest BCUT2D eigenvalue weighted by Crippen LogP contribution is 2.13. The molecule has 0 bridgehead atoms. The molecular weight excluding hydrogens is 412 g/mol. The molecule has 2 N–H and O–H groups in total. The van der Waals surface area contributed by atoms with E-state index in [1.54, 1.807) is 4.90 Å². The Morgan fingerprint density at radius 3 is 2.26 bits per heavy atom. The van der Waals surface area contributed by atoms with Gasteiger partial charge in [-0.25, -0.2) is 4.79 Å². The SMILES string of the molecule is CC(=O)SCCNC(=O)N(CCC(C)C)[C@@H](Cc1ccccc1)C(=O)NCCN(C)C. The summed E-state index contributed by atoms with van der Waals surface area (Å²) in [7, 11) is 3.91. The Morgan fingerprint density at radius 1 is 1.00 bits per heavy atom. The maximum Gasteiger partial charge on any atom is 0.318 e. The van der Waals surface area contributed by atoms with Gasteiger partial charge in [0.05, 0.1) is 0 Å². The molecule has 0 fully saturated rings. The standard InChI is InChI=1S/C23H38N4O3S/c1-18(2)11-14-27(23(30)25-13-16-31-19(3)28)21(17-20-9-7-6-8-10-20)22(29)24-12-15-26(4)5/h6-10,18,21H,11-17H2,1-5H3,(H,24,29)(H,25,30)/t21-/m0/s1. The van der Waals surface area contributed by atoms with Crippen molar-refractivity contribution < 1.29 is 14.4 Å². The molecule has 31 heavy (non-hydrogen) atoms. The Kier molecular flexibility index (Phi) is 12.9. The number of carbonyl (C=O) groups is 3. The van der Waals surface area contributed by atoms with Gasteiger partial charge in [0, 0.05) is 45.3 Å². The molecule has 0 aromatic heterocycles. The number of amides is 3. The summed E-state index contributed by atoms with van der Waals surface area (Å²) in [6.07, 6.45) is 1.24. The van der Waals surface area contributed by atoms with Gasteiger partial charge in [-0.15, -0.1) is 0 Å². The molecule has 1 rings (SSSR count). The van der Waals surface area contributed by atoms with Crippen LogP contribution in [-0.4, -0.2) is 78.9 Å². The van der Waals surface area contributed by atoms with Gasteiger partial charge in [-0.2, -0.15) is 0 Å². The number of rotatable bonds is 13. The molecule has 7 nitrogen and oxygen atoms in total. The minimum atomic E-state index is -0.608. The lowest BCUT2D eigenvalue weighted by Gasteiger charge is -2.32. The van der Waals surface area contributed by atoms with E-state index in [0.29, 0.717) is 37.7 Å². The lowest BCUT2D eigenvalue weighted by Crippen LogP contribution is -2.55. The molecule has 0 saturated heterocycles. The summed E-state index contributed by atoms with van der Waals surface area (Å²) in [6.45, 7) is 7.82. The van der Waals surface area contributed by atoms with Crippen molar-refractivity contribution in [1.29, 1.82) is 0 Å². The quantitative estimate of drug-likeness (QED) is 0.452. The Hall–Kier alpha value is -2.06. The topological polar surface area (TPSA) is 81.8 Å². The molecule has 0 heterocycles. The molecule has 0 radical (unpaired) electrons. The molecule has 8 heteroatoms. The van der Waals surface area contributed by atoms with Gasteiger partial charge in [0.25, 0.3) is 0 Å². The fourth-order valence-electron chi connectivity index (χ4n) is 2.95. The van der Waals surface area contributed by atoms with Crippen LogP contribution in [0.3, 0.4) is 0 Å². The summed E-state index contributed by atoms with van der Waals surface area (Å²) in [5.74, 6) is 0.762. The number of urea groups is 1. The average Bonchev–Trinajstić information content (AvgIpc) is 2.70. The zero-order valence-electron chi connectivity index (χ0n) is 19.5. The third-order valence-electron chi connectivity index (χ3n) is 4.70. The van der Waals surface area contributed by atoms with Gasteiger partial charge in [0.1, 0.15) is 6.04 Å². The van der Waals surface area contributed by atoms with Crippen LogP contribution < -0.4 is 10.6 Å². The second kappa shape index (κ2) is 14.9. The van der Waals surface area contributed by atoms with Crippen LogP contribution in [0.5, 0.6) is 0 Å². The second-order valence-corrected chi connectivity index (χ2v) is 9.52. The highest BCUT2D eigenvalue weighted by molar-refractivity contribution is 8.13. The van der Waals surface area contributed by atoms with E-state index >= 15 is 0 Å². The number of thioether (sulfide) groups is 1. The molecule has 174 valence electrons. The molecule has 0 aliphatic rings. The molecule has 1 aromatic rings. The number of nitrogens with zero attached hydrogens (tertiary/aromatic N) is 2. The number of hydrogen-bond donors (Lipinski definition) is 2. The van der Waals surface area contributed by atoms with E-state index in [1.807, 2.05) is 49.3 Å². The molecule has 3 amide bonds. The van der Waals surface area contributed by atoms with E-state index in [1.165, 1.54) is 18.7 Å². The van der Waals surface area contributed by atoms with Crippen LogP contribution in [0.4, 0.5) is 4.79 Å². The smallest absolute Gasteiger partial charge is 0.318 e. The van der Waals surface area contributed by atoms with Crippen molar-refractivity contribution in [3.63, 3.8) is 0 Å². The molecule has 1 atom stereocenters. The number of nitrogens with one attached hydrogen (secondary N) is 2. The lowest BCUT2D eigenvalue weighted by atomic mass is 10.0. The highest BCUT2D eigenvalue weighted by atomic mass is 32.2. The Morgan fingerprint density at radius 2 is 1.68 bits per heavy atom. The van der Waals surface area contributed by atoms with E-state index in [9.17, 15) is 14.4 Å². The van der Waals surface area contributed by atoms with Crippen molar-refractivity contribution in [2.24, 2.45) is 5.92 Å². The van der Waals surface area contributed by atoms with Crippen LogP contribution in [0.15, 0.2) is 30.3 Å². The number of carbonyl (C=O) groups excluding carboxylic acids is 3. The molecule has 0 aliphatic carbocycles. The summed E-state index contributed by atoms with van der Waals surface area (Å²) in [6, 6.07) is 8.88. The van der Waals surface area contributed by atoms with Crippen molar-refractivity contribution in [2.75, 3.05) is 46.0 Å². The van der Waals surface area contributed by atoms with E-state index < -0.39 is 6.04 Å². The molecule has 0 spiro atoms. The largest absolute Gasteiger partial charge is 0.353 e. The summed E-state index contributed by atoms with van der Waals surface area (Å²) in [5, 5.41) is 5.89. The normalized spacial score (nSPS) is 12.0. The molecule has 0 saturated carbocycles. The monoisotopic (exact) mass is 450 g/mol. The lowest BCUT2D eigenvalue weighted by molar-refractivity contribution is -0.125. The van der Waals surface area contributed by atoms with Gasteiger partial charge < -0.3 is 20.4 Å². The predicted octanol–water partition coefficient (Wildman–Crippen LogP) is 2.61. The summed E-state index contributed by atoms with van der Waals surface area (Å²) in [4.78, 5) is 41.0. The van der Waals surface area contributed by atoms with Gasteiger partial charge in [0.2, 0.25) is 5.91 Å². The average molecular weight is 451 g/mol.